The molecule has 1 aromatic carbocycles. The van der Waals surface area contributed by atoms with Gasteiger partial charge in [0.15, 0.2) is 0 Å². The molecule has 0 aliphatic carbocycles. The monoisotopic (exact) mass is 371 g/mol. The zero-order chi connectivity index (χ0) is 17.1. The molecule has 3 aromatic heterocycles. The van der Waals surface area contributed by atoms with Gasteiger partial charge in [0, 0.05) is 23.6 Å². The maximum absolute atomic E-state index is 12.0. The minimum Gasteiger partial charge on any atom is -0.306 e. The number of thioether (sulfide) groups is 1. The van der Waals surface area contributed by atoms with E-state index in [1.807, 2.05) is 30.3 Å². The molecule has 4 aromatic rings. The second-order valence-corrected chi connectivity index (χ2v) is 7.72. The highest BCUT2D eigenvalue weighted by Gasteiger charge is 2.07. The zero-order valence-corrected chi connectivity index (χ0v) is 15.1. The number of aryl methyl sites for hydroxylation is 1. The van der Waals surface area contributed by atoms with Crippen LogP contribution in [0.2, 0.25) is 0 Å². The minimum atomic E-state index is -0.0534. The van der Waals surface area contributed by atoms with Crippen molar-refractivity contribution in [3.05, 3.63) is 63.0 Å². The Morgan fingerprint density at radius 1 is 1.20 bits per heavy atom. The molecule has 25 heavy (non-hydrogen) atoms. The Morgan fingerprint density at radius 2 is 2.12 bits per heavy atom. The first-order valence-corrected chi connectivity index (χ1v) is 9.90. The summed E-state index contributed by atoms with van der Waals surface area (Å²) in [7, 11) is 0. The van der Waals surface area contributed by atoms with E-state index >= 15 is 0 Å². The lowest BCUT2D eigenvalue weighted by molar-refractivity contribution is 0.679. The van der Waals surface area contributed by atoms with Crippen LogP contribution >= 0.6 is 23.1 Å². The normalized spacial score (nSPS) is 11.4. The van der Waals surface area contributed by atoms with Gasteiger partial charge in [-0.15, -0.1) is 16.4 Å². The Balaban J connectivity index is 1.31. The van der Waals surface area contributed by atoms with E-state index in [0.29, 0.717) is 6.54 Å². The molecule has 0 aliphatic heterocycles. The van der Waals surface area contributed by atoms with Crippen molar-refractivity contribution >= 4 is 34.1 Å². The SMILES string of the molecule is O=c1[nH]c2ccccc2n1CCCSc1n[nH]c(Cc2cccs2)n1. The maximum atomic E-state index is 12.0. The second kappa shape index (κ2) is 7.28. The molecular weight excluding hydrogens is 354 g/mol. The first-order chi connectivity index (χ1) is 12.3. The molecule has 0 amide bonds. The number of fused-ring (bicyclic) bond motifs is 1. The smallest absolute Gasteiger partial charge is 0.306 e. The van der Waals surface area contributed by atoms with Crippen LogP contribution < -0.4 is 5.69 Å². The van der Waals surface area contributed by atoms with Crippen LogP contribution in [-0.4, -0.2) is 30.5 Å². The minimum absolute atomic E-state index is 0.0534. The molecule has 3 heterocycles. The summed E-state index contributed by atoms with van der Waals surface area (Å²) in [5.41, 5.74) is 1.78. The number of rotatable bonds is 7. The number of H-pyrrole nitrogens is 2. The fourth-order valence-corrected chi connectivity index (χ4v) is 4.16. The van der Waals surface area contributed by atoms with Crippen LogP contribution in [0.1, 0.15) is 17.1 Å². The van der Waals surface area contributed by atoms with Gasteiger partial charge in [0.1, 0.15) is 5.82 Å². The highest BCUT2D eigenvalue weighted by Crippen LogP contribution is 2.17. The van der Waals surface area contributed by atoms with Crippen molar-refractivity contribution in [2.24, 2.45) is 0 Å². The summed E-state index contributed by atoms with van der Waals surface area (Å²) in [6.07, 6.45) is 1.66. The summed E-state index contributed by atoms with van der Waals surface area (Å²) in [6.45, 7) is 0.683. The van der Waals surface area contributed by atoms with Crippen LogP contribution in [0.5, 0.6) is 0 Å². The van der Waals surface area contributed by atoms with E-state index in [0.717, 1.165) is 40.6 Å². The lowest BCUT2D eigenvalue weighted by atomic mass is 10.3. The van der Waals surface area contributed by atoms with Gasteiger partial charge in [-0.3, -0.25) is 9.67 Å². The number of benzene rings is 1. The van der Waals surface area contributed by atoms with Crippen molar-refractivity contribution in [2.45, 2.75) is 24.5 Å². The van der Waals surface area contributed by atoms with Crippen molar-refractivity contribution in [3.63, 3.8) is 0 Å². The molecule has 2 N–H and O–H groups in total. The lowest BCUT2D eigenvalue weighted by Gasteiger charge is -2.02. The van der Waals surface area contributed by atoms with E-state index in [-0.39, 0.29) is 5.69 Å². The first kappa shape index (κ1) is 16.2. The third-order valence-corrected chi connectivity index (χ3v) is 5.68. The van der Waals surface area contributed by atoms with E-state index in [1.54, 1.807) is 27.7 Å². The predicted octanol–water partition coefficient (Wildman–Crippen LogP) is 3.28. The topological polar surface area (TPSA) is 79.4 Å². The van der Waals surface area contributed by atoms with Gasteiger partial charge < -0.3 is 4.98 Å². The Labute approximate surface area is 152 Å². The quantitative estimate of drug-likeness (QED) is 0.386. The average molecular weight is 371 g/mol. The third-order valence-electron chi connectivity index (χ3n) is 3.87. The van der Waals surface area contributed by atoms with Gasteiger partial charge >= 0.3 is 5.69 Å². The third kappa shape index (κ3) is 3.69. The van der Waals surface area contributed by atoms with Gasteiger partial charge in [-0.2, -0.15) is 0 Å². The van der Waals surface area contributed by atoms with Crippen LogP contribution in [0.3, 0.4) is 0 Å². The summed E-state index contributed by atoms with van der Waals surface area (Å²) in [4.78, 5) is 20.7. The number of aromatic amines is 2. The van der Waals surface area contributed by atoms with E-state index < -0.39 is 0 Å². The zero-order valence-electron chi connectivity index (χ0n) is 13.4. The molecular formula is C17H17N5OS2. The van der Waals surface area contributed by atoms with Crippen LogP contribution in [-0.2, 0) is 13.0 Å². The summed E-state index contributed by atoms with van der Waals surface area (Å²) in [6, 6.07) is 11.9. The number of hydrogen-bond acceptors (Lipinski definition) is 5. The van der Waals surface area contributed by atoms with E-state index in [4.69, 9.17) is 0 Å². The van der Waals surface area contributed by atoms with Crippen molar-refractivity contribution < 1.29 is 0 Å². The van der Waals surface area contributed by atoms with Crippen molar-refractivity contribution in [2.75, 3.05) is 5.75 Å². The Hall–Kier alpha value is -2.32. The van der Waals surface area contributed by atoms with E-state index in [9.17, 15) is 4.79 Å². The Kier molecular flexibility index (Phi) is 4.71. The van der Waals surface area contributed by atoms with Gasteiger partial charge in [0.25, 0.3) is 0 Å². The summed E-state index contributed by atoms with van der Waals surface area (Å²) in [5, 5.41) is 10.1. The summed E-state index contributed by atoms with van der Waals surface area (Å²) < 4.78 is 1.79. The molecule has 0 fully saturated rings. The molecule has 8 heteroatoms. The van der Waals surface area contributed by atoms with Crippen molar-refractivity contribution in [3.8, 4) is 0 Å². The molecule has 0 radical (unpaired) electrons. The highest BCUT2D eigenvalue weighted by molar-refractivity contribution is 7.99. The molecule has 6 nitrogen and oxygen atoms in total. The fraction of sp³-hybridized carbons (Fsp3) is 0.235. The number of hydrogen-bond donors (Lipinski definition) is 2. The fourth-order valence-electron chi connectivity index (χ4n) is 2.71. The second-order valence-electron chi connectivity index (χ2n) is 5.62. The standard InChI is InChI=1S/C17H17N5OS2/c23-17-18-13-6-1-2-7-14(13)22(17)8-4-10-25-16-19-15(20-21-16)11-12-5-3-9-24-12/h1-3,5-7,9H,4,8,10-11H2,(H,18,23)(H,19,20,21). The molecule has 0 unspecified atom stereocenters. The van der Waals surface area contributed by atoms with Crippen LogP contribution in [0.25, 0.3) is 11.0 Å². The van der Waals surface area contributed by atoms with Gasteiger partial charge in [-0.1, -0.05) is 30.0 Å². The predicted molar refractivity (Wildman–Crippen MR) is 101 cm³/mol. The number of para-hydroxylation sites is 2. The molecule has 0 aliphatic rings. The average Bonchev–Trinajstić information content (AvgIpc) is 3.33. The number of nitrogens with zero attached hydrogens (tertiary/aromatic N) is 3. The molecule has 0 spiro atoms. The van der Waals surface area contributed by atoms with E-state index in [2.05, 4.69) is 31.6 Å². The maximum Gasteiger partial charge on any atom is 0.326 e. The molecule has 0 bridgehead atoms. The van der Waals surface area contributed by atoms with Gasteiger partial charge in [-0.25, -0.2) is 9.78 Å². The summed E-state index contributed by atoms with van der Waals surface area (Å²) in [5.74, 6) is 1.75. The van der Waals surface area contributed by atoms with Crippen LogP contribution in [0.15, 0.2) is 51.7 Å². The van der Waals surface area contributed by atoms with Crippen LogP contribution in [0, 0.1) is 0 Å². The van der Waals surface area contributed by atoms with E-state index in [1.165, 1.54) is 4.88 Å². The van der Waals surface area contributed by atoms with Crippen molar-refractivity contribution in [1.82, 2.24) is 24.7 Å². The summed E-state index contributed by atoms with van der Waals surface area (Å²) >= 11 is 3.33. The van der Waals surface area contributed by atoms with Gasteiger partial charge in [0.2, 0.25) is 5.16 Å². The van der Waals surface area contributed by atoms with Crippen molar-refractivity contribution in [1.29, 1.82) is 0 Å². The van der Waals surface area contributed by atoms with Gasteiger partial charge in [-0.05, 0) is 30.0 Å². The lowest BCUT2D eigenvalue weighted by Crippen LogP contribution is -2.17. The Bertz CT molecular complexity index is 1020. The number of nitrogens with one attached hydrogen (secondary N) is 2. The number of thiophene rings is 1. The van der Waals surface area contributed by atoms with Gasteiger partial charge in [0.05, 0.1) is 11.0 Å². The molecule has 0 saturated carbocycles. The first-order valence-electron chi connectivity index (χ1n) is 8.03. The Morgan fingerprint density at radius 3 is 3.00 bits per heavy atom. The molecule has 128 valence electrons. The molecule has 0 saturated heterocycles. The number of imidazole rings is 1. The molecule has 0 atom stereocenters. The number of aromatic nitrogens is 5. The largest absolute Gasteiger partial charge is 0.326 e. The van der Waals surface area contributed by atoms with Crippen LogP contribution in [0.4, 0.5) is 0 Å². The highest BCUT2D eigenvalue weighted by atomic mass is 32.2. The molecule has 4 rings (SSSR count).